The Morgan fingerprint density at radius 1 is 1.06 bits per heavy atom. The van der Waals surface area contributed by atoms with Crippen molar-refractivity contribution in [3.8, 4) is 5.75 Å². The lowest BCUT2D eigenvalue weighted by Crippen LogP contribution is -2.49. The van der Waals surface area contributed by atoms with Crippen LogP contribution in [-0.4, -0.2) is 72.8 Å². The first kappa shape index (κ1) is 21.8. The van der Waals surface area contributed by atoms with Gasteiger partial charge in [0.05, 0.1) is 25.4 Å². The highest BCUT2D eigenvalue weighted by Gasteiger charge is 2.35. The number of carbonyl (C=O) groups excluding carboxylic acids is 1. The minimum atomic E-state index is -0.199. The third-order valence-electron chi connectivity index (χ3n) is 6.12. The quantitative estimate of drug-likeness (QED) is 0.687. The Kier molecular flexibility index (Phi) is 6.90. The Bertz CT molecular complexity index is 939. The second-order valence-corrected chi connectivity index (χ2v) is 8.37. The van der Waals surface area contributed by atoms with Gasteiger partial charge in [0.25, 0.3) is 5.91 Å². The molecule has 2 heterocycles. The number of hydrazone groups is 1. The van der Waals surface area contributed by atoms with Gasteiger partial charge in [-0.2, -0.15) is 5.10 Å². The normalized spacial score (nSPS) is 20.0. The second-order valence-electron chi connectivity index (χ2n) is 7.97. The molecule has 4 rings (SSSR count). The summed E-state index contributed by atoms with van der Waals surface area (Å²) in [5.74, 6) is 0.808. The Labute approximate surface area is 189 Å². The van der Waals surface area contributed by atoms with E-state index < -0.39 is 0 Å². The molecule has 0 unspecified atom stereocenters. The van der Waals surface area contributed by atoms with Crippen LogP contribution in [0.25, 0.3) is 0 Å². The molecule has 1 amide bonds. The van der Waals surface area contributed by atoms with E-state index in [1.807, 2.05) is 48.5 Å². The largest absolute Gasteiger partial charge is 0.497 e. The number of methoxy groups -OCH3 is 1. The molecule has 0 aromatic heterocycles. The number of piperazine rings is 1. The Morgan fingerprint density at radius 2 is 1.74 bits per heavy atom. The van der Waals surface area contributed by atoms with Gasteiger partial charge >= 0.3 is 0 Å². The predicted molar refractivity (Wildman–Crippen MR) is 124 cm³/mol. The molecule has 164 valence electrons. The number of ether oxygens (including phenoxy) is 1. The van der Waals surface area contributed by atoms with Crippen LogP contribution >= 0.6 is 11.6 Å². The minimum Gasteiger partial charge on any atom is -0.497 e. The lowest BCUT2D eigenvalue weighted by Gasteiger charge is -2.34. The maximum absolute atomic E-state index is 13.3. The Hall–Kier alpha value is -2.41. The summed E-state index contributed by atoms with van der Waals surface area (Å²) in [6.07, 6.45) is 0.630. The number of likely N-dealkylation sites (N-methyl/N-ethyl adjacent to an activating group) is 1. The van der Waals surface area contributed by atoms with Crippen molar-refractivity contribution in [3.05, 3.63) is 64.7 Å². The van der Waals surface area contributed by atoms with Gasteiger partial charge < -0.3 is 9.64 Å². The van der Waals surface area contributed by atoms with E-state index in [0.29, 0.717) is 18.0 Å². The van der Waals surface area contributed by atoms with Crippen LogP contribution in [0.2, 0.25) is 5.02 Å². The van der Waals surface area contributed by atoms with Crippen molar-refractivity contribution in [2.75, 3.05) is 46.4 Å². The molecule has 6 nitrogen and oxygen atoms in total. The van der Waals surface area contributed by atoms with E-state index in [9.17, 15) is 4.79 Å². The molecular weight excluding hydrogens is 412 g/mol. The van der Waals surface area contributed by atoms with Crippen molar-refractivity contribution in [1.82, 2.24) is 14.8 Å². The van der Waals surface area contributed by atoms with Gasteiger partial charge in [0, 0.05) is 37.6 Å². The van der Waals surface area contributed by atoms with Crippen LogP contribution in [-0.2, 0) is 4.79 Å². The third-order valence-corrected chi connectivity index (χ3v) is 6.47. The van der Waals surface area contributed by atoms with Crippen LogP contribution in [0.5, 0.6) is 5.75 Å². The number of hydrogen-bond acceptors (Lipinski definition) is 5. The fraction of sp³-hybridized carbons (Fsp3) is 0.417. The van der Waals surface area contributed by atoms with Crippen LogP contribution in [0.1, 0.15) is 30.5 Å². The highest BCUT2D eigenvalue weighted by atomic mass is 35.5. The SMILES string of the molecule is CCN1CCN(CC(=O)N2N=C(c3ccc(OC)cc3)C[C@@H]2c2ccccc2Cl)CC1. The molecule has 0 saturated carbocycles. The summed E-state index contributed by atoms with van der Waals surface area (Å²) in [6.45, 7) is 7.40. The summed E-state index contributed by atoms with van der Waals surface area (Å²) in [4.78, 5) is 18.0. The number of nitrogens with zero attached hydrogens (tertiary/aromatic N) is 4. The molecule has 7 heteroatoms. The van der Waals surface area contributed by atoms with Gasteiger partial charge in [0.1, 0.15) is 5.75 Å². The van der Waals surface area contributed by atoms with Gasteiger partial charge in [-0.3, -0.25) is 9.69 Å². The fourth-order valence-corrected chi connectivity index (χ4v) is 4.47. The molecule has 0 N–H and O–H groups in total. The Balaban J connectivity index is 1.56. The van der Waals surface area contributed by atoms with E-state index in [1.54, 1.807) is 12.1 Å². The third kappa shape index (κ3) is 4.92. The molecular formula is C24H29ClN4O2. The van der Waals surface area contributed by atoms with E-state index in [4.69, 9.17) is 21.4 Å². The van der Waals surface area contributed by atoms with E-state index in [0.717, 1.165) is 55.3 Å². The second kappa shape index (κ2) is 9.81. The van der Waals surface area contributed by atoms with Crippen LogP contribution in [0.4, 0.5) is 0 Å². The standard InChI is InChI=1S/C24H29ClN4O2/c1-3-27-12-14-28(15-13-27)17-24(30)29-23(20-6-4-5-7-21(20)25)16-22(26-29)18-8-10-19(31-2)11-9-18/h4-11,23H,3,12-17H2,1-2H3/t23-/m1/s1. The fourth-order valence-electron chi connectivity index (χ4n) is 4.21. The molecule has 0 radical (unpaired) electrons. The number of halogens is 1. The van der Waals surface area contributed by atoms with Gasteiger partial charge in [-0.25, -0.2) is 5.01 Å². The van der Waals surface area contributed by atoms with Crippen LogP contribution < -0.4 is 4.74 Å². The smallest absolute Gasteiger partial charge is 0.257 e. The molecule has 1 fully saturated rings. The first-order chi connectivity index (χ1) is 15.1. The average molecular weight is 441 g/mol. The van der Waals surface area contributed by atoms with Crippen molar-refractivity contribution in [1.29, 1.82) is 0 Å². The zero-order valence-corrected chi connectivity index (χ0v) is 18.9. The van der Waals surface area contributed by atoms with Crippen LogP contribution in [0.15, 0.2) is 53.6 Å². The average Bonchev–Trinajstić information content (AvgIpc) is 3.25. The van der Waals surface area contributed by atoms with Crippen molar-refractivity contribution in [2.45, 2.75) is 19.4 Å². The minimum absolute atomic E-state index is 0.0124. The van der Waals surface area contributed by atoms with Crippen LogP contribution in [0.3, 0.4) is 0 Å². The molecule has 2 aromatic carbocycles. The number of amides is 1. The van der Waals surface area contributed by atoms with Crippen molar-refractivity contribution >= 4 is 23.2 Å². The molecule has 0 aliphatic carbocycles. The molecule has 1 saturated heterocycles. The summed E-state index contributed by atoms with van der Waals surface area (Å²) >= 11 is 6.51. The predicted octanol–water partition coefficient (Wildman–Crippen LogP) is 3.66. The van der Waals surface area contributed by atoms with Gasteiger partial charge in [-0.05, 0) is 48.0 Å². The van der Waals surface area contributed by atoms with Gasteiger partial charge in [-0.1, -0.05) is 36.7 Å². The highest BCUT2D eigenvalue weighted by molar-refractivity contribution is 6.31. The van der Waals surface area contributed by atoms with Gasteiger partial charge in [0.2, 0.25) is 0 Å². The first-order valence-electron chi connectivity index (χ1n) is 10.8. The lowest BCUT2D eigenvalue weighted by atomic mass is 9.98. The maximum atomic E-state index is 13.3. The van der Waals surface area contributed by atoms with E-state index in [2.05, 4.69) is 16.7 Å². The monoisotopic (exact) mass is 440 g/mol. The van der Waals surface area contributed by atoms with E-state index in [-0.39, 0.29) is 11.9 Å². The van der Waals surface area contributed by atoms with Crippen LogP contribution in [0, 0.1) is 0 Å². The molecule has 0 spiro atoms. The molecule has 1 atom stereocenters. The van der Waals surface area contributed by atoms with Crippen molar-refractivity contribution in [2.24, 2.45) is 5.10 Å². The van der Waals surface area contributed by atoms with Gasteiger partial charge in [0.15, 0.2) is 0 Å². The number of rotatable bonds is 6. The number of carbonyl (C=O) groups is 1. The van der Waals surface area contributed by atoms with Gasteiger partial charge in [-0.15, -0.1) is 0 Å². The summed E-state index contributed by atoms with van der Waals surface area (Å²) in [5, 5.41) is 7.08. The number of hydrogen-bond donors (Lipinski definition) is 0. The molecule has 0 bridgehead atoms. The topological polar surface area (TPSA) is 48.4 Å². The number of benzene rings is 2. The molecule has 2 aliphatic heterocycles. The summed E-state index contributed by atoms with van der Waals surface area (Å²) in [6, 6.07) is 15.3. The van der Waals surface area contributed by atoms with Crippen molar-refractivity contribution in [3.63, 3.8) is 0 Å². The summed E-state index contributed by atoms with van der Waals surface area (Å²) in [5.41, 5.74) is 2.81. The van der Waals surface area contributed by atoms with E-state index >= 15 is 0 Å². The zero-order valence-electron chi connectivity index (χ0n) is 18.1. The molecule has 31 heavy (non-hydrogen) atoms. The molecule has 2 aliphatic rings. The van der Waals surface area contributed by atoms with Crippen molar-refractivity contribution < 1.29 is 9.53 Å². The Morgan fingerprint density at radius 3 is 2.39 bits per heavy atom. The zero-order chi connectivity index (χ0) is 21.8. The first-order valence-corrected chi connectivity index (χ1v) is 11.2. The van der Waals surface area contributed by atoms with E-state index in [1.165, 1.54) is 0 Å². The maximum Gasteiger partial charge on any atom is 0.257 e. The highest BCUT2D eigenvalue weighted by Crippen LogP contribution is 2.36. The lowest BCUT2D eigenvalue weighted by molar-refractivity contribution is -0.134. The summed E-state index contributed by atoms with van der Waals surface area (Å²) in [7, 11) is 1.65. The molecule has 2 aromatic rings. The summed E-state index contributed by atoms with van der Waals surface area (Å²) < 4.78 is 5.27.